The first-order valence-corrected chi connectivity index (χ1v) is 10.9. The number of anilines is 2. The molecule has 6 nitrogen and oxygen atoms in total. The maximum Gasteiger partial charge on any atom is 0.236 e. The topological polar surface area (TPSA) is 79.4 Å². The Morgan fingerprint density at radius 1 is 1.10 bits per heavy atom. The summed E-state index contributed by atoms with van der Waals surface area (Å²) >= 11 is 1.33. The number of carbonyl (C=O) groups excluding carboxylic acids is 3. The largest absolute Gasteiger partial charge is 0.314 e. The molecule has 0 fully saturated rings. The van der Waals surface area contributed by atoms with Gasteiger partial charge in [-0.3, -0.25) is 14.4 Å². The summed E-state index contributed by atoms with van der Waals surface area (Å²) in [6.45, 7) is 3.84. The molecule has 4 rings (SSSR count). The SMILES string of the molecule is CN1C(=O)C(C)(C)c2cc(-c3csc(NC(=O)CCC(=O)c4ccccc4)n3)ccc21. The Labute approximate surface area is 184 Å². The van der Waals surface area contributed by atoms with Crippen LogP contribution in [0.4, 0.5) is 10.8 Å². The lowest BCUT2D eigenvalue weighted by atomic mass is 9.85. The van der Waals surface area contributed by atoms with Crippen LogP contribution in [0, 0.1) is 0 Å². The highest BCUT2D eigenvalue weighted by Crippen LogP contribution is 2.42. The molecule has 3 aromatic rings. The van der Waals surface area contributed by atoms with Gasteiger partial charge in [0, 0.05) is 42.1 Å². The number of fused-ring (bicyclic) bond motifs is 1. The standard InChI is InChI=1S/C24H23N3O3S/c1-24(2)17-13-16(9-10-19(17)27(3)22(24)30)18-14-31-23(25-18)26-21(29)12-11-20(28)15-7-5-4-6-8-15/h4-10,13-14H,11-12H2,1-3H3,(H,25,26,29). The van der Waals surface area contributed by atoms with Gasteiger partial charge in [0.15, 0.2) is 10.9 Å². The Kier molecular flexibility index (Phi) is 5.45. The quantitative estimate of drug-likeness (QED) is 0.573. The highest BCUT2D eigenvalue weighted by Gasteiger charge is 2.42. The number of carbonyl (C=O) groups is 3. The fourth-order valence-corrected chi connectivity index (χ4v) is 4.51. The van der Waals surface area contributed by atoms with Gasteiger partial charge in [0.05, 0.1) is 11.1 Å². The second kappa shape index (κ2) is 8.07. The molecule has 0 bridgehead atoms. The van der Waals surface area contributed by atoms with Gasteiger partial charge in [0.25, 0.3) is 0 Å². The monoisotopic (exact) mass is 433 g/mol. The Morgan fingerprint density at radius 2 is 1.84 bits per heavy atom. The van der Waals surface area contributed by atoms with E-state index in [-0.39, 0.29) is 30.4 Å². The first kappa shape index (κ1) is 20.9. The van der Waals surface area contributed by atoms with Crippen LogP contribution >= 0.6 is 11.3 Å². The lowest BCUT2D eigenvalue weighted by Crippen LogP contribution is -2.33. The zero-order valence-corrected chi connectivity index (χ0v) is 18.5. The molecule has 0 radical (unpaired) electrons. The van der Waals surface area contributed by atoms with Crippen molar-refractivity contribution in [1.29, 1.82) is 0 Å². The number of ketones is 1. The second-order valence-electron chi connectivity index (χ2n) is 8.10. The van der Waals surface area contributed by atoms with Crippen LogP contribution in [0.25, 0.3) is 11.3 Å². The van der Waals surface area contributed by atoms with E-state index in [9.17, 15) is 14.4 Å². The van der Waals surface area contributed by atoms with E-state index in [2.05, 4.69) is 10.3 Å². The van der Waals surface area contributed by atoms with Crippen molar-refractivity contribution in [3.8, 4) is 11.3 Å². The van der Waals surface area contributed by atoms with Crippen LogP contribution in [0.5, 0.6) is 0 Å². The molecular formula is C24H23N3O3S. The van der Waals surface area contributed by atoms with Gasteiger partial charge >= 0.3 is 0 Å². The second-order valence-corrected chi connectivity index (χ2v) is 8.95. The summed E-state index contributed by atoms with van der Waals surface area (Å²) in [5.41, 5.74) is 3.53. The van der Waals surface area contributed by atoms with Crippen LogP contribution in [0.15, 0.2) is 53.9 Å². The molecule has 2 aromatic carbocycles. The molecule has 0 spiro atoms. The average Bonchev–Trinajstić information content (AvgIpc) is 3.30. The van der Waals surface area contributed by atoms with Crippen molar-refractivity contribution in [3.63, 3.8) is 0 Å². The molecule has 1 aliphatic rings. The predicted octanol–water partition coefficient (Wildman–Crippen LogP) is 4.67. The fourth-order valence-electron chi connectivity index (χ4n) is 3.77. The summed E-state index contributed by atoms with van der Waals surface area (Å²) in [6, 6.07) is 14.8. The van der Waals surface area contributed by atoms with E-state index < -0.39 is 5.41 Å². The van der Waals surface area contributed by atoms with Crippen molar-refractivity contribution >= 4 is 39.8 Å². The number of nitrogens with zero attached hydrogens (tertiary/aromatic N) is 2. The van der Waals surface area contributed by atoms with Crippen molar-refractivity contribution in [2.45, 2.75) is 32.1 Å². The van der Waals surface area contributed by atoms with Gasteiger partial charge in [0.1, 0.15) is 0 Å². The van der Waals surface area contributed by atoms with Crippen molar-refractivity contribution in [2.24, 2.45) is 0 Å². The summed E-state index contributed by atoms with van der Waals surface area (Å²) in [5, 5.41) is 5.14. The summed E-state index contributed by atoms with van der Waals surface area (Å²) in [6.07, 6.45) is 0.250. The smallest absolute Gasteiger partial charge is 0.236 e. The van der Waals surface area contributed by atoms with Crippen LogP contribution < -0.4 is 10.2 Å². The van der Waals surface area contributed by atoms with Gasteiger partial charge in [-0.25, -0.2) is 4.98 Å². The minimum atomic E-state index is -0.585. The number of nitrogens with one attached hydrogen (secondary N) is 1. The number of thiazole rings is 1. The number of likely N-dealkylation sites (N-methyl/N-ethyl adjacent to an activating group) is 1. The lowest BCUT2D eigenvalue weighted by Gasteiger charge is -2.16. The third-order valence-corrected chi connectivity index (χ3v) is 6.35. The van der Waals surface area contributed by atoms with Crippen LogP contribution in [0.1, 0.15) is 42.6 Å². The fraction of sp³-hybridized carbons (Fsp3) is 0.250. The zero-order valence-electron chi connectivity index (χ0n) is 17.6. The van der Waals surface area contributed by atoms with E-state index in [0.29, 0.717) is 10.7 Å². The first-order valence-electron chi connectivity index (χ1n) is 10.0. The van der Waals surface area contributed by atoms with E-state index in [1.165, 1.54) is 11.3 Å². The minimum absolute atomic E-state index is 0.0594. The van der Waals surface area contributed by atoms with Crippen molar-refractivity contribution in [3.05, 3.63) is 65.0 Å². The molecule has 0 unspecified atom stereocenters. The number of rotatable bonds is 6. The van der Waals surface area contributed by atoms with Gasteiger partial charge in [-0.1, -0.05) is 36.4 Å². The van der Waals surface area contributed by atoms with Gasteiger partial charge in [-0.15, -0.1) is 11.3 Å². The van der Waals surface area contributed by atoms with Crippen molar-refractivity contribution < 1.29 is 14.4 Å². The number of benzene rings is 2. The maximum absolute atomic E-state index is 12.5. The molecule has 1 aliphatic heterocycles. The summed E-state index contributed by atoms with van der Waals surface area (Å²) < 4.78 is 0. The highest BCUT2D eigenvalue weighted by molar-refractivity contribution is 7.14. The molecule has 0 saturated carbocycles. The highest BCUT2D eigenvalue weighted by atomic mass is 32.1. The lowest BCUT2D eigenvalue weighted by molar-refractivity contribution is -0.121. The number of amides is 2. The van der Waals surface area contributed by atoms with E-state index in [4.69, 9.17) is 0 Å². The Balaban J connectivity index is 1.42. The van der Waals surface area contributed by atoms with E-state index in [1.807, 2.05) is 43.5 Å². The molecule has 1 N–H and O–H groups in total. The normalized spacial score (nSPS) is 14.4. The van der Waals surface area contributed by atoms with E-state index in [0.717, 1.165) is 22.5 Å². The maximum atomic E-state index is 12.5. The predicted molar refractivity (Wildman–Crippen MR) is 123 cm³/mol. The third kappa shape index (κ3) is 4.01. The molecule has 31 heavy (non-hydrogen) atoms. The summed E-state index contributed by atoms with van der Waals surface area (Å²) in [5.74, 6) is -0.237. The van der Waals surface area contributed by atoms with Crippen LogP contribution in [-0.4, -0.2) is 29.6 Å². The van der Waals surface area contributed by atoms with Gasteiger partial charge in [-0.2, -0.15) is 0 Å². The van der Waals surface area contributed by atoms with Gasteiger partial charge in [-0.05, 0) is 31.5 Å². The number of hydrogen-bond acceptors (Lipinski definition) is 5. The van der Waals surface area contributed by atoms with Gasteiger partial charge in [0.2, 0.25) is 11.8 Å². The molecule has 158 valence electrons. The molecular weight excluding hydrogens is 410 g/mol. The Bertz CT molecular complexity index is 1170. The average molecular weight is 434 g/mol. The molecule has 0 saturated heterocycles. The zero-order chi connectivity index (χ0) is 22.2. The number of Topliss-reactive ketones (excluding diaryl/α,β-unsaturated/α-hetero) is 1. The molecule has 0 aliphatic carbocycles. The summed E-state index contributed by atoms with van der Waals surface area (Å²) in [4.78, 5) is 43.1. The number of aromatic nitrogens is 1. The van der Waals surface area contributed by atoms with Gasteiger partial charge < -0.3 is 10.2 Å². The third-order valence-electron chi connectivity index (χ3n) is 5.59. The Hall–Kier alpha value is -3.32. The molecule has 2 amide bonds. The Morgan fingerprint density at radius 3 is 2.58 bits per heavy atom. The van der Waals surface area contributed by atoms with Crippen LogP contribution in [0.3, 0.4) is 0 Å². The summed E-state index contributed by atoms with van der Waals surface area (Å²) in [7, 11) is 1.79. The number of hydrogen-bond donors (Lipinski definition) is 1. The van der Waals surface area contributed by atoms with Crippen LogP contribution in [-0.2, 0) is 15.0 Å². The molecule has 2 heterocycles. The van der Waals surface area contributed by atoms with Crippen molar-refractivity contribution in [2.75, 3.05) is 17.3 Å². The van der Waals surface area contributed by atoms with Crippen LogP contribution in [0.2, 0.25) is 0 Å². The van der Waals surface area contributed by atoms with Crippen molar-refractivity contribution in [1.82, 2.24) is 4.98 Å². The van der Waals surface area contributed by atoms with E-state index in [1.54, 1.807) is 36.2 Å². The minimum Gasteiger partial charge on any atom is -0.314 e. The molecule has 0 atom stereocenters. The molecule has 7 heteroatoms. The molecule has 1 aromatic heterocycles. The van der Waals surface area contributed by atoms with E-state index >= 15 is 0 Å². The first-order chi connectivity index (χ1) is 14.8.